The van der Waals surface area contributed by atoms with E-state index in [0.717, 1.165) is 17.0 Å². The molecule has 1 heterocycles. The molecule has 0 spiro atoms. The quantitative estimate of drug-likeness (QED) is 0.791. The minimum Gasteiger partial charge on any atom is -0.493 e. The highest BCUT2D eigenvalue weighted by Crippen LogP contribution is 2.28. The van der Waals surface area contributed by atoms with Crippen LogP contribution in [-0.2, 0) is 17.6 Å². The van der Waals surface area contributed by atoms with Crippen LogP contribution in [0.3, 0.4) is 0 Å². The molecular weight excluding hydrogens is 326 g/mol. The number of aromatic nitrogens is 2. The Balaban J connectivity index is 1.88. The van der Waals surface area contributed by atoms with E-state index in [2.05, 4.69) is 29.4 Å². The number of ether oxygens (including phenoxy) is 2. The topological polar surface area (TPSA) is 73.3 Å². The van der Waals surface area contributed by atoms with Crippen LogP contribution in [0.4, 0.5) is 5.13 Å². The minimum atomic E-state index is -0.0722. The van der Waals surface area contributed by atoms with E-state index in [1.807, 2.05) is 18.2 Å². The number of amides is 1. The molecule has 7 heteroatoms. The van der Waals surface area contributed by atoms with Crippen molar-refractivity contribution in [3.8, 4) is 11.5 Å². The average Bonchev–Trinajstić information content (AvgIpc) is 2.98. The molecule has 130 valence electrons. The molecular formula is C17H23N3O3S. The van der Waals surface area contributed by atoms with Crippen molar-refractivity contribution in [3.63, 3.8) is 0 Å². The Morgan fingerprint density at radius 1 is 1.21 bits per heavy atom. The zero-order valence-electron chi connectivity index (χ0n) is 14.5. The second-order valence-corrected chi connectivity index (χ2v) is 6.90. The van der Waals surface area contributed by atoms with Gasteiger partial charge in [0.15, 0.2) is 11.5 Å². The number of methoxy groups -OCH3 is 2. The van der Waals surface area contributed by atoms with Gasteiger partial charge in [-0.05, 0) is 30.0 Å². The molecule has 2 rings (SSSR count). The third kappa shape index (κ3) is 5.19. The zero-order valence-corrected chi connectivity index (χ0v) is 15.3. The van der Waals surface area contributed by atoms with Gasteiger partial charge in [0, 0.05) is 12.8 Å². The van der Waals surface area contributed by atoms with E-state index in [1.165, 1.54) is 11.3 Å². The van der Waals surface area contributed by atoms with Crippen LogP contribution in [0.5, 0.6) is 11.5 Å². The molecule has 1 aromatic heterocycles. The number of nitrogens with one attached hydrogen (secondary N) is 1. The number of carbonyl (C=O) groups excluding carboxylic acids is 1. The summed E-state index contributed by atoms with van der Waals surface area (Å²) in [5, 5.41) is 12.4. The van der Waals surface area contributed by atoms with Crippen LogP contribution in [0.15, 0.2) is 18.2 Å². The Morgan fingerprint density at radius 2 is 1.96 bits per heavy atom. The van der Waals surface area contributed by atoms with Crippen LogP contribution in [0.25, 0.3) is 0 Å². The molecule has 0 atom stereocenters. The molecule has 0 fully saturated rings. The first-order chi connectivity index (χ1) is 11.5. The van der Waals surface area contributed by atoms with Crippen LogP contribution in [-0.4, -0.2) is 30.3 Å². The first kappa shape index (κ1) is 18.2. The van der Waals surface area contributed by atoms with Gasteiger partial charge in [-0.1, -0.05) is 31.3 Å². The summed E-state index contributed by atoms with van der Waals surface area (Å²) in [5.74, 6) is 1.79. The van der Waals surface area contributed by atoms with Gasteiger partial charge >= 0.3 is 0 Å². The maximum atomic E-state index is 12.1. The summed E-state index contributed by atoms with van der Waals surface area (Å²) in [6, 6.07) is 5.66. The highest BCUT2D eigenvalue weighted by Gasteiger charge is 2.10. The van der Waals surface area contributed by atoms with Gasteiger partial charge < -0.3 is 14.8 Å². The number of carbonyl (C=O) groups is 1. The molecule has 0 radical (unpaired) electrons. The molecule has 2 aromatic rings. The van der Waals surface area contributed by atoms with Crippen LogP contribution < -0.4 is 14.8 Å². The van der Waals surface area contributed by atoms with E-state index in [9.17, 15) is 4.79 Å². The average molecular weight is 349 g/mol. The normalized spacial score (nSPS) is 10.7. The van der Waals surface area contributed by atoms with Crippen LogP contribution in [0.1, 0.15) is 30.8 Å². The van der Waals surface area contributed by atoms with Gasteiger partial charge in [-0.3, -0.25) is 4.79 Å². The number of rotatable bonds is 8. The number of hydrogen-bond donors (Lipinski definition) is 1. The Kier molecular flexibility index (Phi) is 6.54. The molecule has 6 nitrogen and oxygen atoms in total. The summed E-state index contributed by atoms with van der Waals surface area (Å²) in [7, 11) is 3.19. The lowest BCUT2D eigenvalue weighted by Crippen LogP contribution is -2.12. The van der Waals surface area contributed by atoms with Crippen molar-refractivity contribution in [1.82, 2.24) is 10.2 Å². The Bertz CT molecular complexity index is 685. The molecule has 0 unspecified atom stereocenters. The second-order valence-electron chi connectivity index (χ2n) is 5.84. The SMILES string of the molecule is COc1ccc(CCC(=O)Nc2nnc(CC(C)C)s2)cc1OC. The van der Waals surface area contributed by atoms with Crippen molar-refractivity contribution in [1.29, 1.82) is 0 Å². The summed E-state index contributed by atoms with van der Waals surface area (Å²) in [6.45, 7) is 4.26. The fraction of sp³-hybridized carbons (Fsp3) is 0.471. The molecule has 0 saturated heterocycles. The maximum absolute atomic E-state index is 12.1. The monoisotopic (exact) mass is 349 g/mol. The van der Waals surface area contributed by atoms with Gasteiger partial charge in [0.05, 0.1) is 14.2 Å². The molecule has 1 aromatic carbocycles. The predicted molar refractivity (Wildman–Crippen MR) is 94.9 cm³/mol. The number of anilines is 1. The van der Waals surface area contributed by atoms with E-state index >= 15 is 0 Å². The van der Waals surface area contributed by atoms with Crippen molar-refractivity contribution in [2.24, 2.45) is 5.92 Å². The molecule has 1 amide bonds. The van der Waals surface area contributed by atoms with Gasteiger partial charge in [0.1, 0.15) is 5.01 Å². The minimum absolute atomic E-state index is 0.0722. The summed E-state index contributed by atoms with van der Waals surface area (Å²) < 4.78 is 10.5. The number of nitrogens with zero attached hydrogens (tertiary/aromatic N) is 2. The van der Waals surface area contributed by atoms with E-state index in [1.54, 1.807) is 14.2 Å². The molecule has 0 aliphatic carbocycles. The highest BCUT2D eigenvalue weighted by molar-refractivity contribution is 7.15. The van der Waals surface area contributed by atoms with Gasteiger partial charge in [0.2, 0.25) is 11.0 Å². The highest BCUT2D eigenvalue weighted by atomic mass is 32.1. The maximum Gasteiger partial charge on any atom is 0.226 e. The molecule has 1 N–H and O–H groups in total. The van der Waals surface area contributed by atoms with E-state index in [4.69, 9.17) is 9.47 Å². The largest absolute Gasteiger partial charge is 0.493 e. The van der Waals surface area contributed by atoms with Gasteiger partial charge in [-0.25, -0.2) is 0 Å². The number of aryl methyl sites for hydroxylation is 1. The first-order valence-electron chi connectivity index (χ1n) is 7.85. The lowest BCUT2D eigenvalue weighted by Gasteiger charge is -2.09. The van der Waals surface area contributed by atoms with Gasteiger partial charge in [-0.15, -0.1) is 10.2 Å². The predicted octanol–water partition coefficient (Wildman–Crippen LogP) is 3.33. The standard InChI is InChI=1S/C17H23N3O3S/c1-11(2)9-16-19-20-17(24-16)18-15(21)8-6-12-5-7-13(22-3)14(10-12)23-4/h5,7,10-11H,6,8-9H2,1-4H3,(H,18,20,21). The third-order valence-corrected chi connectivity index (χ3v) is 4.25. The Morgan fingerprint density at radius 3 is 2.62 bits per heavy atom. The van der Waals surface area contributed by atoms with E-state index < -0.39 is 0 Å². The van der Waals surface area contributed by atoms with E-state index in [-0.39, 0.29) is 5.91 Å². The van der Waals surface area contributed by atoms with Crippen molar-refractivity contribution < 1.29 is 14.3 Å². The molecule has 0 aliphatic rings. The molecule has 24 heavy (non-hydrogen) atoms. The first-order valence-corrected chi connectivity index (χ1v) is 8.66. The summed E-state index contributed by atoms with van der Waals surface area (Å²) >= 11 is 1.43. The Labute approximate surface area is 146 Å². The molecule has 0 saturated carbocycles. The van der Waals surface area contributed by atoms with Crippen molar-refractivity contribution in [2.45, 2.75) is 33.1 Å². The second kappa shape index (κ2) is 8.63. The Hall–Kier alpha value is -2.15. The van der Waals surface area contributed by atoms with Gasteiger partial charge in [0.25, 0.3) is 0 Å². The third-order valence-electron chi connectivity index (χ3n) is 3.38. The van der Waals surface area contributed by atoms with Gasteiger partial charge in [-0.2, -0.15) is 0 Å². The smallest absolute Gasteiger partial charge is 0.226 e. The zero-order chi connectivity index (χ0) is 17.5. The van der Waals surface area contributed by atoms with Crippen molar-refractivity contribution in [3.05, 3.63) is 28.8 Å². The van der Waals surface area contributed by atoms with Crippen molar-refractivity contribution >= 4 is 22.4 Å². The number of benzene rings is 1. The summed E-state index contributed by atoms with van der Waals surface area (Å²) in [5.41, 5.74) is 1.01. The molecule has 0 bridgehead atoms. The van der Waals surface area contributed by atoms with Crippen LogP contribution in [0, 0.1) is 5.92 Å². The molecule has 0 aliphatic heterocycles. The summed E-state index contributed by atoms with van der Waals surface area (Å²) in [4.78, 5) is 12.1. The van der Waals surface area contributed by atoms with Crippen molar-refractivity contribution in [2.75, 3.05) is 19.5 Å². The van der Waals surface area contributed by atoms with Crippen LogP contribution in [0.2, 0.25) is 0 Å². The van der Waals surface area contributed by atoms with Crippen LogP contribution >= 0.6 is 11.3 Å². The van der Waals surface area contributed by atoms with E-state index in [0.29, 0.717) is 35.4 Å². The summed E-state index contributed by atoms with van der Waals surface area (Å²) in [6.07, 6.45) is 1.86. The number of hydrogen-bond acceptors (Lipinski definition) is 6. The fourth-order valence-electron chi connectivity index (χ4n) is 2.21. The lowest BCUT2D eigenvalue weighted by atomic mass is 10.1. The lowest BCUT2D eigenvalue weighted by molar-refractivity contribution is -0.116. The fourth-order valence-corrected chi connectivity index (χ4v) is 3.18.